The zero-order chi connectivity index (χ0) is 12.3. The number of benzene rings is 1. The predicted molar refractivity (Wildman–Crippen MR) is 58.2 cm³/mol. The van der Waals surface area contributed by atoms with E-state index in [1.54, 1.807) is 20.8 Å². The fraction of sp³-hybridized carbons (Fsp3) is 0.364. The van der Waals surface area contributed by atoms with Crippen LogP contribution in [0.4, 0.5) is 5.69 Å². The van der Waals surface area contributed by atoms with E-state index in [1.165, 1.54) is 24.3 Å². The van der Waals surface area contributed by atoms with Gasteiger partial charge in [0.25, 0.3) is 5.69 Å². The number of rotatable bonds is 2. The minimum absolute atomic E-state index is 0.0980. The van der Waals surface area contributed by atoms with Gasteiger partial charge in [0.05, 0.1) is 16.4 Å². The molecule has 0 heterocycles. The van der Waals surface area contributed by atoms with E-state index in [4.69, 9.17) is 4.74 Å². The maximum Gasteiger partial charge on any atom is 0.316 e. The maximum atomic E-state index is 11.5. The Balaban J connectivity index is 2.87. The molecule has 0 radical (unpaired) electrons. The quantitative estimate of drug-likeness (QED) is 0.334. The lowest BCUT2D eigenvalue weighted by Crippen LogP contribution is -2.25. The van der Waals surface area contributed by atoms with E-state index >= 15 is 0 Å². The van der Waals surface area contributed by atoms with Crippen LogP contribution < -0.4 is 4.74 Å². The van der Waals surface area contributed by atoms with Gasteiger partial charge < -0.3 is 4.74 Å². The molecule has 0 saturated heterocycles. The fourth-order valence-corrected chi connectivity index (χ4v) is 0.921. The van der Waals surface area contributed by atoms with Crippen molar-refractivity contribution in [3.05, 3.63) is 34.4 Å². The predicted octanol–water partition coefficient (Wildman–Crippen LogP) is 2.55. The van der Waals surface area contributed by atoms with Gasteiger partial charge in [-0.05, 0) is 26.8 Å². The molecule has 0 bridgehead atoms. The van der Waals surface area contributed by atoms with E-state index in [0.29, 0.717) is 0 Å². The zero-order valence-corrected chi connectivity index (χ0v) is 9.39. The van der Waals surface area contributed by atoms with E-state index < -0.39 is 16.3 Å². The first-order chi connectivity index (χ1) is 7.30. The summed E-state index contributed by atoms with van der Waals surface area (Å²) in [6.45, 7) is 5.14. The SMILES string of the molecule is CC(C)(C)C(=O)Oc1cccc([N+](=O)[O-])c1. The summed E-state index contributed by atoms with van der Waals surface area (Å²) in [5.41, 5.74) is -0.732. The monoisotopic (exact) mass is 223 g/mol. The number of hydrogen-bond donors (Lipinski definition) is 0. The summed E-state index contributed by atoms with van der Waals surface area (Å²) in [6.07, 6.45) is 0. The average Bonchev–Trinajstić information content (AvgIpc) is 2.16. The standard InChI is InChI=1S/C11H13NO4/c1-11(2,3)10(13)16-9-6-4-5-8(7-9)12(14)15/h4-7H,1-3H3. The third-order valence-corrected chi connectivity index (χ3v) is 1.85. The first kappa shape index (κ1) is 12.2. The van der Waals surface area contributed by atoms with Crippen LogP contribution in [0.2, 0.25) is 0 Å². The lowest BCUT2D eigenvalue weighted by Gasteiger charge is -2.15. The molecule has 1 aromatic carbocycles. The van der Waals surface area contributed by atoms with E-state index in [-0.39, 0.29) is 11.4 Å². The summed E-state index contributed by atoms with van der Waals surface area (Å²) in [4.78, 5) is 21.5. The van der Waals surface area contributed by atoms with Crippen molar-refractivity contribution < 1.29 is 14.5 Å². The number of carbonyl (C=O) groups excluding carboxylic acids is 1. The topological polar surface area (TPSA) is 69.4 Å². The highest BCUT2D eigenvalue weighted by Gasteiger charge is 2.24. The molecule has 0 aliphatic heterocycles. The number of nitro groups is 1. The molecule has 5 nitrogen and oxygen atoms in total. The first-order valence-electron chi connectivity index (χ1n) is 4.77. The fourth-order valence-electron chi connectivity index (χ4n) is 0.921. The van der Waals surface area contributed by atoms with Crippen LogP contribution in [0, 0.1) is 15.5 Å². The molecule has 0 atom stereocenters. The van der Waals surface area contributed by atoms with Crippen LogP contribution >= 0.6 is 0 Å². The lowest BCUT2D eigenvalue weighted by molar-refractivity contribution is -0.384. The van der Waals surface area contributed by atoms with Crippen molar-refractivity contribution in [3.8, 4) is 5.75 Å². The minimum Gasteiger partial charge on any atom is -0.426 e. The molecule has 0 spiro atoms. The third-order valence-electron chi connectivity index (χ3n) is 1.85. The largest absolute Gasteiger partial charge is 0.426 e. The van der Waals surface area contributed by atoms with Crippen LogP contribution in [0.1, 0.15) is 20.8 Å². The van der Waals surface area contributed by atoms with Crippen molar-refractivity contribution >= 4 is 11.7 Å². The Hall–Kier alpha value is -1.91. The highest BCUT2D eigenvalue weighted by Crippen LogP contribution is 2.22. The molecule has 86 valence electrons. The molecule has 0 saturated carbocycles. The lowest BCUT2D eigenvalue weighted by atomic mass is 9.97. The van der Waals surface area contributed by atoms with Crippen LogP contribution in [0.25, 0.3) is 0 Å². The Kier molecular flexibility index (Phi) is 3.27. The van der Waals surface area contributed by atoms with Gasteiger partial charge in [-0.2, -0.15) is 0 Å². The molecule has 0 fully saturated rings. The molecule has 16 heavy (non-hydrogen) atoms. The summed E-state index contributed by atoms with van der Waals surface area (Å²) in [5.74, 6) is -0.234. The summed E-state index contributed by atoms with van der Waals surface area (Å²) in [7, 11) is 0. The molecule has 0 N–H and O–H groups in total. The summed E-state index contributed by atoms with van der Waals surface area (Å²) in [6, 6.07) is 5.55. The minimum atomic E-state index is -0.634. The Bertz CT molecular complexity index is 420. The van der Waals surface area contributed by atoms with Crippen LogP contribution in [0.3, 0.4) is 0 Å². The molecule has 1 rings (SSSR count). The molecule has 1 aromatic rings. The van der Waals surface area contributed by atoms with Crippen LogP contribution in [-0.2, 0) is 4.79 Å². The van der Waals surface area contributed by atoms with Crippen molar-refractivity contribution in [1.29, 1.82) is 0 Å². The Morgan fingerprint density at radius 1 is 1.38 bits per heavy atom. The van der Waals surface area contributed by atoms with E-state index in [1.807, 2.05) is 0 Å². The van der Waals surface area contributed by atoms with Gasteiger partial charge in [-0.25, -0.2) is 0 Å². The van der Waals surface area contributed by atoms with Gasteiger partial charge in [0.1, 0.15) is 5.75 Å². The highest BCUT2D eigenvalue weighted by molar-refractivity contribution is 5.78. The zero-order valence-electron chi connectivity index (χ0n) is 9.39. The third kappa shape index (κ3) is 3.05. The normalized spacial score (nSPS) is 10.9. The number of esters is 1. The smallest absolute Gasteiger partial charge is 0.316 e. The number of nitrogens with zero attached hydrogens (tertiary/aromatic N) is 1. The number of carbonyl (C=O) groups is 1. The summed E-state index contributed by atoms with van der Waals surface area (Å²) < 4.78 is 5.03. The highest BCUT2D eigenvalue weighted by atomic mass is 16.6. The molecule has 0 unspecified atom stereocenters. The van der Waals surface area contributed by atoms with Crippen molar-refractivity contribution in [3.63, 3.8) is 0 Å². The van der Waals surface area contributed by atoms with Crippen molar-refractivity contribution in [1.82, 2.24) is 0 Å². The second-order valence-electron chi connectivity index (χ2n) is 4.39. The second kappa shape index (κ2) is 4.30. The van der Waals surface area contributed by atoms with Crippen molar-refractivity contribution in [2.45, 2.75) is 20.8 Å². The van der Waals surface area contributed by atoms with Gasteiger partial charge in [0.15, 0.2) is 0 Å². The van der Waals surface area contributed by atoms with Gasteiger partial charge in [0.2, 0.25) is 0 Å². The van der Waals surface area contributed by atoms with Crippen LogP contribution in [0.15, 0.2) is 24.3 Å². The van der Waals surface area contributed by atoms with E-state index in [9.17, 15) is 14.9 Å². The maximum absolute atomic E-state index is 11.5. The number of ether oxygens (including phenoxy) is 1. The first-order valence-corrected chi connectivity index (χ1v) is 4.77. The van der Waals surface area contributed by atoms with Crippen LogP contribution in [0.5, 0.6) is 5.75 Å². The molecule has 0 aliphatic carbocycles. The molecular weight excluding hydrogens is 210 g/mol. The number of nitro benzene ring substituents is 1. The molecule has 0 aliphatic rings. The molecular formula is C11H13NO4. The average molecular weight is 223 g/mol. The van der Waals surface area contributed by atoms with E-state index in [0.717, 1.165) is 0 Å². The van der Waals surface area contributed by atoms with Gasteiger partial charge in [-0.1, -0.05) is 6.07 Å². The van der Waals surface area contributed by atoms with Gasteiger partial charge in [-0.3, -0.25) is 14.9 Å². The molecule has 5 heteroatoms. The van der Waals surface area contributed by atoms with Crippen molar-refractivity contribution in [2.24, 2.45) is 5.41 Å². The number of non-ortho nitro benzene ring substituents is 1. The Morgan fingerprint density at radius 3 is 2.50 bits per heavy atom. The molecule has 0 aromatic heterocycles. The Morgan fingerprint density at radius 2 is 2.00 bits per heavy atom. The number of hydrogen-bond acceptors (Lipinski definition) is 4. The summed E-state index contributed by atoms with van der Waals surface area (Å²) in [5, 5.41) is 10.5. The molecule has 0 amide bonds. The second-order valence-corrected chi connectivity index (χ2v) is 4.39. The van der Waals surface area contributed by atoms with Crippen molar-refractivity contribution in [2.75, 3.05) is 0 Å². The van der Waals surface area contributed by atoms with Gasteiger partial charge in [-0.15, -0.1) is 0 Å². The van der Waals surface area contributed by atoms with E-state index in [2.05, 4.69) is 0 Å². The van der Waals surface area contributed by atoms with Crippen LogP contribution in [-0.4, -0.2) is 10.9 Å². The Labute approximate surface area is 93.2 Å². The summed E-state index contributed by atoms with van der Waals surface area (Å²) >= 11 is 0. The van der Waals surface area contributed by atoms with Gasteiger partial charge >= 0.3 is 5.97 Å². The van der Waals surface area contributed by atoms with Gasteiger partial charge in [0, 0.05) is 6.07 Å².